The number of thiophene rings is 1. The molecule has 3 aliphatic carbocycles. The van der Waals surface area contributed by atoms with Crippen LogP contribution in [-0.4, -0.2) is 58.9 Å². The number of nitrogens with zero attached hydrogens (tertiary/aromatic N) is 1. The Morgan fingerprint density at radius 2 is 1.87 bits per heavy atom. The van der Waals surface area contributed by atoms with E-state index in [-0.39, 0.29) is 35.5 Å². The molecule has 2 heterocycles. The molecule has 3 amide bonds. The van der Waals surface area contributed by atoms with Crippen molar-refractivity contribution in [2.45, 2.75) is 82.3 Å². The summed E-state index contributed by atoms with van der Waals surface area (Å²) in [7, 11) is 0. The number of likely N-dealkylation sites (tertiary alicyclic amines) is 1. The van der Waals surface area contributed by atoms with Gasteiger partial charge in [0.1, 0.15) is 11.8 Å². The predicted molar refractivity (Wildman–Crippen MR) is 143 cm³/mol. The highest BCUT2D eigenvalue weighted by Gasteiger charge is 2.51. The first kappa shape index (κ1) is 25.2. The van der Waals surface area contributed by atoms with E-state index in [1.807, 2.05) is 30.3 Å². The molecular formula is C29H33N3O5S. The van der Waals surface area contributed by atoms with Crippen LogP contribution in [0, 0.1) is 11.3 Å². The Morgan fingerprint density at radius 3 is 2.55 bits per heavy atom. The van der Waals surface area contributed by atoms with Crippen molar-refractivity contribution in [3.63, 3.8) is 0 Å². The van der Waals surface area contributed by atoms with E-state index in [4.69, 9.17) is 0 Å². The first-order valence-corrected chi connectivity index (χ1v) is 14.6. The second-order valence-electron chi connectivity index (χ2n) is 11.6. The van der Waals surface area contributed by atoms with Gasteiger partial charge in [0.25, 0.3) is 11.8 Å². The van der Waals surface area contributed by atoms with Crippen molar-refractivity contribution < 1.29 is 24.0 Å². The molecule has 38 heavy (non-hydrogen) atoms. The third kappa shape index (κ3) is 5.13. The van der Waals surface area contributed by atoms with E-state index in [2.05, 4.69) is 10.6 Å². The minimum Gasteiger partial charge on any atom is -0.347 e. The van der Waals surface area contributed by atoms with Gasteiger partial charge in [0.05, 0.1) is 10.9 Å². The molecule has 2 aromatic rings. The van der Waals surface area contributed by atoms with Crippen molar-refractivity contribution in [3.05, 3.63) is 35.2 Å². The summed E-state index contributed by atoms with van der Waals surface area (Å²) in [5, 5.41) is 6.56. The maximum absolute atomic E-state index is 13.8. The molecule has 8 nitrogen and oxygen atoms in total. The molecule has 1 saturated heterocycles. The van der Waals surface area contributed by atoms with Crippen LogP contribution in [0.4, 0.5) is 0 Å². The Kier molecular flexibility index (Phi) is 6.58. The molecule has 6 rings (SSSR count). The number of hydrogen-bond donors (Lipinski definition) is 2. The smallest absolute Gasteiger partial charge is 0.289 e. The summed E-state index contributed by atoms with van der Waals surface area (Å²) < 4.78 is 1.01. The van der Waals surface area contributed by atoms with Gasteiger partial charge in [0.15, 0.2) is 0 Å². The first-order chi connectivity index (χ1) is 18.3. The molecule has 0 unspecified atom stereocenters. The number of amides is 3. The van der Waals surface area contributed by atoms with Crippen molar-refractivity contribution in [2.24, 2.45) is 11.3 Å². The fourth-order valence-electron chi connectivity index (χ4n) is 6.04. The Hall–Kier alpha value is -3.07. The number of hydrogen-bond acceptors (Lipinski definition) is 6. The van der Waals surface area contributed by atoms with Gasteiger partial charge in [-0.1, -0.05) is 18.2 Å². The van der Waals surface area contributed by atoms with E-state index in [1.165, 1.54) is 11.3 Å². The van der Waals surface area contributed by atoms with Crippen molar-refractivity contribution in [1.29, 1.82) is 0 Å². The highest BCUT2D eigenvalue weighted by molar-refractivity contribution is 7.20. The summed E-state index contributed by atoms with van der Waals surface area (Å²) >= 11 is 1.42. The zero-order valence-electron chi connectivity index (χ0n) is 21.4. The Morgan fingerprint density at radius 1 is 1.08 bits per heavy atom. The van der Waals surface area contributed by atoms with Gasteiger partial charge in [-0.3, -0.25) is 24.0 Å². The van der Waals surface area contributed by atoms with Crippen LogP contribution in [0.25, 0.3) is 10.1 Å². The normalized spacial score (nSPS) is 24.8. The minimum absolute atomic E-state index is 0.0124. The van der Waals surface area contributed by atoms with E-state index in [1.54, 1.807) is 4.90 Å². The summed E-state index contributed by atoms with van der Waals surface area (Å²) in [4.78, 5) is 67.9. The number of Topliss-reactive ketones (excluding diaryl/α,β-unsaturated/α-hetero) is 2. The zero-order valence-corrected chi connectivity index (χ0v) is 22.2. The Bertz CT molecular complexity index is 1280. The van der Waals surface area contributed by atoms with Gasteiger partial charge in [-0.25, -0.2) is 0 Å². The largest absolute Gasteiger partial charge is 0.347 e. The van der Waals surface area contributed by atoms with Crippen LogP contribution in [0.15, 0.2) is 30.3 Å². The number of piperidine rings is 1. The molecule has 9 heteroatoms. The molecule has 1 aliphatic heterocycles. The molecule has 200 valence electrons. The molecule has 3 saturated carbocycles. The number of nitrogens with one attached hydrogen (secondary N) is 2. The molecule has 1 spiro atoms. The van der Waals surface area contributed by atoms with Crippen LogP contribution >= 0.6 is 11.3 Å². The van der Waals surface area contributed by atoms with Gasteiger partial charge in [-0.15, -0.1) is 11.3 Å². The lowest BCUT2D eigenvalue weighted by Crippen LogP contribution is -2.58. The number of carbonyl (C=O) groups is 5. The lowest BCUT2D eigenvalue weighted by atomic mass is 9.86. The quantitative estimate of drug-likeness (QED) is 0.504. The molecule has 4 aliphatic rings. The van der Waals surface area contributed by atoms with Crippen LogP contribution in [0.3, 0.4) is 0 Å². The number of carbonyl (C=O) groups excluding carboxylic acids is 5. The lowest BCUT2D eigenvalue weighted by molar-refractivity contribution is -0.141. The molecule has 1 aromatic heterocycles. The van der Waals surface area contributed by atoms with E-state index in [0.29, 0.717) is 30.7 Å². The second kappa shape index (κ2) is 9.91. The first-order valence-electron chi connectivity index (χ1n) is 13.8. The second-order valence-corrected chi connectivity index (χ2v) is 12.7. The van der Waals surface area contributed by atoms with Gasteiger partial charge in [0, 0.05) is 29.6 Å². The summed E-state index contributed by atoms with van der Waals surface area (Å²) in [6, 6.07) is 7.91. The summed E-state index contributed by atoms with van der Waals surface area (Å²) in [6.07, 6.45) is 7.17. The standard InChI is InChI=1S/C29H33N3O5S/c33-22-6-3-5-17(22)14-20(25(34)27(36)30-19-8-9-19)31-26(35)21-16-29(10-11-29)12-13-32(21)28(37)24-15-18-4-1-2-7-23(18)38-24/h1-2,4,7,15,17,19-21H,3,5-6,8-14,16H2,(H,30,36)(H,31,35)/t17-,20-,21-/m0/s1. The molecule has 0 radical (unpaired) electrons. The molecule has 4 fully saturated rings. The van der Waals surface area contributed by atoms with Crippen LogP contribution in [0.2, 0.25) is 0 Å². The number of rotatable bonds is 8. The Labute approximate surface area is 225 Å². The van der Waals surface area contributed by atoms with Gasteiger partial charge in [-0.05, 0) is 80.7 Å². The maximum Gasteiger partial charge on any atom is 0.289 e. The van der Waals surface area contributed by atoms with Crippen molar-refractivity contribution >= 4 is 50.7 Å². The van der Waals surface area contributed by atoms with E-state index < -0.39 is 29.7 Å². The highest BCUT2D eigenvalue weighted by atomic mass is 32.1. The summed E-state index contributed by atoms with van der Waals surface area (Å²) in [5.41, 5.74) is 0.0726. The van der Waals surface area contributed by atoms with Crippen molar-refractivity contribution in [3.8, 4) is 0 Å². The predicted octanol–water partition coefficient (Wildman–Crippen LogP) is 3.38. The molecule has 3 atom stereocenters. The number of fused-ring (bicyclic) bond motifs is 1. The van der Waals surface area contributed by atoms with Crippen molar-refractivity contribution in [1.82, 2.24) is 15.5 Å². The van der Waals surface area contributed by atoms with Crippen LogP contribution < -0.4 is 10.6 Å². The van der Waals surface area contributed by atoms with E-state index in [9.17, 15) is 24.0 Å². The number of ketones is 2. The molecule has 0 bridgehead atoms. The minimum atomic E-state index is -1.08. The van der Waals surface area contributed by atoms with Crippen molar-refractivity contribution in [2.75, 3.05) is 6.54 Å². The van der Waals surface area contributed by atoms with Gasteiger partial charge in [0.2, 0.25) is 11.7 Å². The van der Waals surface area contributed by atoms with Gasteiger partial charge in [-0.2, -0.15) is 0 Å². The molecule has 1 aromatic carbocycles. The van der Waals surface area contributed by atoms with Crippen LogP contribution in [0.1, 0.15) is 73.9 Å². The average Bonchev–Trinajstić information content (AvgIpc) is 3.80. The number of benzene rings is 1. The zero-order chi connectivity index (χ0) is 26.4. The SMILES string of the molecule is O=C(NC1CC1)C(=O)[C@H](C[C@@H]1CCCC1=O)NC(=O)[C@@H]1CC2(CCN1C(=O)c1cc3ccccc3s1)CC2. The van der Waals surface area contributed by atoms with Crippen LogP contribution in [0.5, 0.6) is 0 Å². The molecule has 2 N–H and O–H groups in total. The fraction of sp³-hybridized carbons (Fsp3) is 0.552. The van der Waals surface area contributed by atoms with Gasteiger partial charge < -0.3 is 15.5 Å². The lowest BCUT2D eigenvalue weighted by Gasteiger charge is -2.39. The topological polar surface area (TPSA) is 113 Å². The van der Waals surface area contributed by atoms with Gasteiger partial charge >= 0.3 is 0 Å². The molecular weight excluding hydrogens is 502 g/mol. The van der Waals surface area contributed by atoms with E-state index >= 15 is 0 Å². The summed E-state index contributed by atoms with van der Waals surface area (Å²) in [5.74, 6) is -2.25. The third-order valence-electron chi connectivity index (χ3n) is 8.76. The average molecular weight is 536 g/mol. The fourth-order valence-corrected chi connectivity index (χ4v) is 7.06. The monoisotopic (exact) mass is 535 g/mol. The Balaban J connectivity index is 1.23. The maximum atomic E-state index is 13.8. The summed E-state index contributed by atoms with van der Waals surface area (Å²) in [6.45, 7) is 0.479. The third-order valence-corrected chi connectivity index (χ3v) is 9.87. The van der Waals surface area contributed by atoms with E-state index in [0.717, 1.165) is 48.6 Å². The highest BCUT2D eigenvalue weighted by Crippen LogP contribution is 2.55. The van der Waals surface area contributed by atoms with Crippen LogP contribution in [-0.2, 0) is 19.2 Å².